The van der Waals surface area contributed by atoms with Crippen molar-refractivity contribution in [3.63, 3.8) is 0 Å². The lowest BCUT2D eigenvalue weighted by Gasteiger charge is -2.56. The molecule has 276 valence electrons. The number of hydrogen-bond acceptors (Lipinski definition) is 3. The maximum atomic E-state index is 2.65. The van der Waals surface area contributed by atoms with E-state index >= 15 is 0 Å². The maximum absolute atomic E-state index is 2.65. The lowest BCUT2D eigenvalue weighted by molar-refractivity contribution is 0.242. The summed E-state index contributed by atoms with van der Waals surface area (Å²) in [4.78, 5) is 5.31. The van der Waals surface area contributed by atoms with Crippen LogP contribution in [-0.2, 0) is 32.5 Å². The van der Waals surface area contributed by atoms with Crippen LogP contribution in [-0.4, -0.2) is 6.71 Å². The van der Waals surface area contributed by atoms with Crippen LogP contribution in [0.5, 0.6) is 0 Å². The summed E-state index contributed by atoms with van der Waals surface area (Å²) in [6.07, 6.45) is 0. The number of hydrogen-bond donors (Lipinski definition) is 0. The van der Waals surface area contributed by atoms with E-state index in [1.807, 2.05) is 11.3 Å². The van der Waals surface area contributed by atoms with Crippen LogP contribution in [0.2, 0.25) is 0 Å². The fourth-order valence-corrected chi connectivity index (χ4v) is 12.8. The van der Waals surface area contributed by atoms with E-state index in [1.165, 1.54) is 98.9 Å². The highest BCUT2D eigenvalue weighted by molar-refractivity contribution is 7.33. The summed E-state index contributed by atoms with van der Waals surface area (Å²) in [5, 5.41) is 1.35. The van der Waals surface area contributed by atoms with Crippen molar-refractivity contribution < 1.29 is 0 Å². The van der Waals surface area contributed by atoms with Crippen LogP contribution in [0.3, 0.4) is 0 Å². The fraction of sp³-hybridized carbons (Fsp3) is 0.373. The quantitative estimate of drug-likeness (QED) is 0.163. The Bertz CT molecular complexity index is 2750. The lowest BCUT2D eigenvalue weighted by atomic mass is 9.35. The van der Waals surface area contributed by atoms with Crippen molar-refractivity contribution in [2.45, 2.75) is 122 Å². The molecule has 0 bridgehead atoms. The molecule has 1 aromatic heterocycles. The van der Waals surface area contributed by atoms with E-state index in [0.29, 0.717) is 0 Å². The monoisotopic (exact) mass is 736 g/mol. The van der Waals surface area contributed by atoms with Crippen molar-refractivity contribution in [3.8, 4) is 0 Å². The zero-order valence-corrected chi connectivity index (χ0v) is 35.8. The lowest BCUT2D eigenvalue weighted by Crippen LogP contribution is -2.62. The normalized spacial score (nSPS) is 21.2. The topological polar surface area (TPSA) is 6.48 Å². The Balaban J connectivity index is 1.24. The summed E-state index contributed by atoms with van der Waals surface area (Å²) in [5.74, 6) is 0. The van der Waals surface area contributed by atoms with E-state index in [2.05, 4.69) is 185 Å². The first kappa shape index (κ1) is 34.0. The molecule has 3 heterocycles. The minimum Gasteiger partial charge on any atom is -0.311 e. The molecule has 0 radical (unpaired) electrons. The first-order chi connectivity index (χ1) is 25.7. The van der Waals surface area contributed by atoms with Gasteiger partial charge in [-0.25, -0.2) is 0 Å². The highest BCUT2D eigenvalue weighted by atomic mass is 32.1. The minimum atomic E-state index is 0.0802. The number of aryl methyl sites for hydroxylation is 1. The molecule has 2 nitrogen and oxygen atoms in total. The maximum Gasteiger partial charge on any atom is 0.264 e. The molecule has 4 heteroatoms. The SMILES string of the molecule is Cc1cc2c3c(c1)N(c1ccc4c(c1)C(C)(C)C4(C)C)c1c(sc4ccccc14)B3c1cc3c(cc1N2c1ccc2c(c1)C(C)(C)C2(C)C)C(C)(C)C3(C)C. The Morgan fingerprint density at radius 1 is 0.473 bits per heavy atom. The van der Waals surface area contributed by atoms with Gasteiger partial charge in [-0.1, -0.05) is 119 Å². The second kappa shape index (κ2) is 9.81. The summed E-state index contributed by atoms with van der Waals surface area (Å²) in [6, 6.07) is 34.0. The van der Waals surface area contributed by atoms with Gasteiger partial charge in [-0.3, -0.25) is 0 Å². The molecule has 2 aliphatic heterocycles. The summed E-state index contributed by atoms with van der Waals surface area (Å²) in [7, 11) is 0. The number of anilines is 6. The molecule has 0 fully saturated rings. The number of thiophene rings is 1. The van der Waals surface area contributed by atoms with Gasteiger partial charge in [-0.15, -0.1) is 11.3 Å². The highest BCUT2D eigenvalue weighted by Crippen LogP contribution is 2.61. The van der Waals surface area contributed by atoms with E-state index in [-0.39, 0.29) is 39.2 Å². The molecule has 0 saturated heterocycles. The van der Waals surface area contributed by atoms with Crippen molar-refractivity contribution in [3.05, 3.63) is 124 Å². The molecular weight excluding hydrogens is 683 g/mol. The Morgan fingerprint density at radius 3 is 1.53 bits per heavy atom. The van der Waals surface area contributed by atoms with Gasteiger partial charge in [0.25, 0.3) is 6.71 Å². The first-order valence-corrected chi connectivity index (χ1v) is 21.3. The van der Waals surface area contributed by atoms with Crippen LogP contribution >= 0.6 is 11.3 Å². The molecular formula is C51H53BN2S. The summed E-state index contributed by atoms with van der Waals surface area (Å²) < 4.78 is 2.81. The Morgan fingerprint density at radius 2 is 0.945 bits per heavy atom. The van der Waals surface area contributed by atoms with Crippen LogP contribution in [0.15, 0.2) is 84.9 Å². The Labute approximate surface area is 332 Å². The van der Waals surface area contributed by atoms with Crippen LogP contribution in [0.25, 0.3) is 10.1 Å². The molecule has 11 rings (SSSR count). The predicted molar refractivity (Wildman–Crippen MR) is 239 cm³/mol. The predicted octanol–water partition coefficient (Wildman–Crippen LogP) is 12.0. The van der Waals surface area contributed by atoms with Gasteiger partial charge >= 0.3 is 0 Å². The van der Waals surface area contributed by atoms with Gasteiger partial charge in [-0.05, 0) is 138 Å². The fourth-order valence-electron chi connectivity index (χ4n) is 11.5. The van der Waals surface area contributed by atoms with E-state index in [1.54, 1.807) is 0 Å². The van der Waals surface area contributed by atoms with Gasteiger partial charge in [0, 0.05) is 43.3 Å². The van der Waals surface area contributed by atoms with Gasteiger partial charge in [0.1, 0.15) is 0 Å². The van der Waals surface area contributed by atoms with Crippen molar-refractivity contribution >= 4 is 78.0 Å². The van der Waals surface area contributed by atoms with Crippen molar-refractivity contribution in [2.75, 3.05) is 9.80 Å². The molecule has 6 aromatic rings. The number of nitrogens with zero attached hydrogens (tertiary/aromatic N) is 2. The van der Waals surface area contributed by atoms with E-state index < -0.39 is 0 Å². The molecule has 3 aliphatic carbocycles. The Hall–Kier alpha value is -4.28. The minimum absolute atomic E-state index is 0.0802. The Kier molecular flexibility index (Phi) is 6.06. The standard InChI is InChI=1S/C51H53BN2S/c1-28-22-40-43-41(23-28)54(30-19-21-33-35(25-30)49(8,9)47(33,4)5)44-31-16-14-15-17-42(31)55-45(44)52(43)38-26-36-37(51(12,13)50(36,10)11)27-39(38)53(40)29-18-20-32-34(24-29)48(6,7)46(32,2)3/h14-27H,1-13H3. The van der Waals surface area contributed by atoms with Crippen LogP contribution in [0, 0.1) is 6.92 Å². The highest BCUT2D eigenvalue weighted by Gasteiger charge is 2.56. The molecule has 5 aliphatic rings. The molecule has 55 heavy (non-hydrogen) atoms. The average Bonchev–Trinajstić information content (AvgIpc) is 3.52. The smallest absolute Gasteiger partial charge is 0.264 e. The van der Waals surface area contributed by atoms with Crippen LogP contribution in [0.1, 0.15) is 122 Å². The van der Waals surface area contributed by atoms with Gasteiger partial charge in [-0.2, -0.15) is 0 Å². The molecule has 0 amide bonds. The van der Waals surface area contributed by atoms with Crippen molar-refractivity contribution in [1.82, 2.24) is 0 Å². The van der Waals surface area contributed by atoms with Gasteiger partial charge in [0.2, 0.25) is 0 Å². The third kappa shape index (κ3) is 3.67. The number of fused-ring (bicyclic) bond motifs is 9. The first-order valence-electron chi connectivity index (χ1n) is 20.5. The van der Waals surface area contributed by atoms with Crippen molar-refractivity contribution in [2.24, 2.45) is 0 Å². The number of benzene rings is 5. The van der Waals surface area contributed by atoms with E-state index in [0.717, 1.165) is 0 Å². The zero-order chi connectivity index (χ0) is 38.7. The zero-order valence-electron chi connectivity index (χ0n) is 35.0. The summed E-state index contributed by atoms with van der Waals surface area (Å²) >= 11 is 2.00. The average molecular weight is 737 g/mol. The molecule has 0 atom stereocenters. The van der Waals surface area contributed by atoms with E-state index in [9.17, 15) is 0 Å². The molecule has 5 aromatic carbocycles. The van der Waals surface area contributed by atoms with E-state index in [4.69, 9.17) is 0 Å². The van der Waals surface area contributed by atoms with Crippen LogP contribution in [0.4, 0.5) is 34.1 Å². The largest absolute Gasteiger partial charge is 0.311 e. The van der Waals surface area contributed by atoms with Gasteiger partial charge < -0.3 is 9.80 Å². The summed E-state index contributed by atoms with van der Waals surface area (Å²) in [6.45, 7) is 31.6. The molecule has 0 saturated carbocycles. The van der Waals surface area contributed by atoms with Crippen molar-refractivity contribution in [1.29, 1.82) is 0 Å². The molecule has 0 unspecified atom stereocenters. The van der Waals surface area contributed by atoms with Crippen LogP contribution < -0.4 is 25.5 Å². The molecule has 0 spiro atoms. The second-order valence-corrected chi connectivity index (χ2v) is 21.9. The third-order valence-corrected chi connectivity index (χ3v) is 18.3. The third-order valence-electron chi connectivity index (χ3n) is 17.1. The molecule has 0 N–H and O–H groups in total. The second-order valence-electron chi connectivity index (χ2n) is 20.8. The number of rotatable bonds is 2. The van der Waals surface area contributed by atoms with Gasteiger partial charge in [0.05, 0.1) is 5.69 Å². The van der Waals surface area contributed by atoms with Gasteiger partial charge in [0.15, 0.2) is 0 Å². The summed E-state index contributed by atoms with van der Waals surface area (Å²) in [5.41, 5.74) is 21.6.